The number of nitrogens with one attached hydrogen (secondary N) is 1. The van der Waals surface area contributed by atoms with Gasteiger partial charge in [0.05, 0.1) is 6.61 Å². The Kier molecular flexibility index (Phi) is 8.47. The van der Waals surface area contributed by atoms with Crippen molar-refractivity contribution in [3.8, 4) is 0 Å². The van der Waals surface area contributed by atoms with Crippen LogP contribution in [0, 0.1) is 5.92 Å². The molecule has 1 aromatic rings. The maximum atomic E-state index is 5.17. The summed E-state index contributed by atoms with van der Waals surface area (Å²) >= 11 is 0. The molecule has 19 heavy (non-hydrogen) atoms. The lowest BCUT2D eigenvalue weighted by atomic mass is 10.2. The van der Waals surface area contributed by atoms with E-state index in [2.05, 4.69) is 54.4 Å². The predicted molar refractivity (Wildman–Crippen MR) is 81.3 cm³/mol. The highest BCUT2D eigenvalue weighted by Crippen LogP contribution is 1.99. The van der Waals surface area contributed by atoms with Gasteiger partial charge in [0.2, 0.25) is 0 Å². The van der Waals surface area contributed by atoms with E-state index in [0.29, 0.717) is 5.92 Å². The lowest BCUT2D eigenvalue weighted by Crippen LogP contribution is -2.36. The monoisotopic (exact) mass is 264 g/mol. The molecule has 0 aliphatic heterocycles. The van der Waals surface area contributed by atoms with E-state index in [-0.39, 0.29) is 0 Å². The van der Waals surface area contributed by atoms with Gasteiger partial charge < -0.3 is 10.1 Å². The summed E-state index contributed by atoms with van der Waals surface area (Å²) in [4.78, 5) is 2.46. The van der Waals surface area contributed by atoms with E-state index in [4.69, 9.17) is 4.74 Å². The summed E-state index contributed by atoms with van der Waals surface area (Å²) in [5.41, 5.74) is 1.34. The first-order valence-corrected chi connectivity index (χ1v) is 7.18. The molecule has 0 atom stereocenters. The molecule has 0 spiro atoms. The Labute approximate surface area is 118 Å². The standard InChI is InChI=1S/C16H28N2O/c1-15(2)14-18(11-12-19-3)10-9-17-13-16-7-5-4-6-8-16/h4-8,15,17H,9-14H2,1-3H3. The smallest absolute Gasteiger partial charge is 0.0589 e. The first-order chi connectivity index (χ1) is 9.22. The van der Waals surface area contributed by atoms with Crippen LogP contribution < -0.4 is 5.32 Å². The highest BCUT2D eigenvalue weighted by atomic mass is 16.5. The van der Waals surface area contributed by atoms with Gasteiger partial charge in [-0.15, -0.1) is 0 Å². The third kappa shape index (κ3) is 7.98. The summed E-state index contributed by atoms with van der Waals surface area (Å²) in [7, 11) is 1.77. The molecule has 1 N–H and O–H groups in total. The summed E-state index contributed by atoms with van der Waals surface area (Å²) < 4.78 is 5.17. The van der Waals surface area contributed by atoms with Crippen molar-refractivity contribution >= 4 is 0 Å². The highest BCUT2D eigenvalue weighted by Gasteiger charge is 2.06. The van der Waals surface area contributed by atoms with Crippen LogP contribution in [0.3, 0.4) is 0 Å². The van der Waals surface area contributed by atoms with E-state index in [0.717, 1.165) is 39.3 Å². The molecule has 108 valence electrons. The number of ether oxygens (including phenoxy) is 1. The molecule has 3 heteroatoms. The topological polar surface area (TPSA) is 24.5 Å². The molecule has 0 fully saturated rings. The summed E-state index contributed by atoms with van der Waals surface area (Å²) in [5.74, 6) is 0.700. The van der Waals surface area contributed by atoms with E-state index in [1.807, 2.05) is 0 Å². The molecular formula is C16H28N2O. The first-order valence-electron chi connectivity index (χ1n) is 7.18. The fourth-order valence-corrected chi connectivity index (χ4v) is 2.10. The summed E-state index contributed by atoms with van der Waals surface area (Å²) in [6, 6.07) is 10.5. The third-order valence-electron chi connectivity index (χ3n) is 3.01. The van der Waals surface area contributed by atoms with Gasteiger partial charge in [-0.3, -0.25) is 4.90 Å². The van der Waals surface area contributed by atoms with Crippen LogP contribution in [0.2, 0.25) is 0 Å². The second-order valence-corrected chi connectivity index (χ2v) is 5.35. The zero-order chi connectivity index (χ0) is 13.9. The van der Waals surface area contributed by atoms with Crippen molar-refractivity contribution in [2.75, 3.05) is 39.9 Å². The van der Waals surface area contributed by atoms with Gasteiger partial charge >= 0.3 is 0 Å². The van der Waals surface area contributed by atoms with E-state index in [1.165, 1.54) is 5.56 Å². The van der Waals surface area contributed by atoms with Crippen molar-refractivity contribution in [3.63, 3.8) is 0 Å². The Morgan fingerprint density at radius 2 is 1.89 bits per heavy atom. The minimum absolute atomic E-state index is 0.700. The van der Waals surface area contributed by atoms with Crippen LogP contribution in [-0.4, -0.2) is 44.8 Å². The molecule has 0 saturated heterocycles. The van der Waals surface area contributed by atoms with Crippen LogP contribution in [0.25, 0.3) is 0 Å². The van der Waals surface area contributed by atoms with Crippen molar-refractivity contribution < 1.29 is 4.74 Å². The molecular weight excluding hydrogens is 236 g/mol. The summed E-state index contributed by atoms with van der Waals surface area (Å²) in [5, 5.41) is 3.50. The molecule has 0 aliphatic carbocycles. The lowest BCUT2D eigenvalue weighted by Gasteiger charge is -2.24. The van der Waals surface area contributed by atoms with Crippen LogP contribution in [0.15, 0.2) is 30.3 Å². The third-order valence-corrected chi connectivity index (χ3v) is 3.01. The zero-order valence-electron chi connectivity index (χ0n) is 12.6. The summed E-state index contributed by atoms with van der Waals surface area (Å²) in [6.07, 6.45) is 0. The van der Waals surface area contributed by atoms with E-state index >= 15 is 0 Å². The Morgan fingerprint density at radius 1 is 1.16 bits per heavy atom. The average molecular weight is 264 g/mol. The van der Waals surface area contributed by atoms with E-state index in [9.17, 15) is 0 Å². The number of rotatable bonds is 10. The van der Waals surface area contributed by atoms with E-state index in [1.54, 1.807) is 7.11 Å². The van der Waals surface area contributed by atoms with Crippen molar-refractivity contribution in [1.82, 2.24) is 10.2 Å². The maximum Gasteiger partial charge on any atom is 0.0589 e. The van der Waals surface area contributed by atoms with Crippen molar-refractivity contribution in [2.24, 2.45) is 5.92 Å². The maximum absolute atomic E-state index is 5.17. The van der Waals surface area contributed by atoms with Gasteiger partial charge in [0, 0.05) is 39.8 Å². The van der Waals surface area contributed by atoms with Crippen molar-refractivity contribution in [3.05, 3.63) is 35.9 Å². The molecule has 1 aromatic carbocycles. The zero-order valence-corrected chi connectivity index (χ0v) is 12.6. The fourth-order valence-electron chi connectivity index (χ4n) is 2.10. The van der Waals surface area contributed by atoms with Gasteiger partial charge in [-0.25, -0.2) is 0 Å². The normalized spacial score (nSPS) is 11.4. The van der Waals surface area contributed by atoms with Crippen molar-refractivity contribution in [2.45, 2.75) is 20.4 Å². The second kappa shape index (κ2) is 9.96. The summed E-state index contributed by atoms with van der Waals surface area (Å²) in [6.45, 7) is 10.5. The van der Waals surface area contributed by atoms with Gasteiger partial charge in [-0.1, -0.05) is 44.2 Å². The number of nitrogens with zero attached hydrogens (tertiary/aromatic N) is 1. The minimum Gasteiger partial charge on any atom is -0.383 e. The largest absolute Gasteiger partial charge is 0.383 e. The predicted octanol–water partition coefficient (Wildman–Crippen LogP) is 2.38. The quantitative estimate of drug-likeness (QED) is 0.657. The molecule has 0 radical (unpaired) electrons. The van der Waals surface area contributed by atoms with E-state index < -0.39 is 0 Å². The van der Waals surface area contributed by atoms with Crippen LogP contribution in [-0.2, 0) is 11.3 Å². The van der Waals surface area contributed by atoms with Crippen LogP contribution in [0.5, 0.6) is 0 Å². The molecule has 3 nitrogen and oxygen atoms in total. The Morgan fingerprint density at radius 3 is 2.53 bits per heavy atom. The number of benzene rings is 1. The Balaban J connectivity index is 2.19. The molecule has 0 bridgehead atoms. The fraction of sp³-hybridized carbons (Fsp3) is 0.625. The Bertz CT molecular complexity index is 314. The van der Waals surface area contributed by atoms with Gasteiger partial charge in [-0.05, 0) is 11.5 Å². The molecule has 0 unspecified atom stereocenters. The molecule has 0 aliphatic rings. The molecule has 1 rings (SSSR count). The van der Waals surface area contributed by atoms with Gasteiger partial charge in [0.25, 0.3) is 0 Å². The molecule has 0 amide bonds. The van der Waals surface area contributed by atoms with Crippen LogP contribution >= 0.6 is 0 Å². The van der Waals surface area contributed by atoms with Gasteiger partial charge in [-0.2, -0.15) is 0 Å². The number of hydrogen-bond acceptors (Lipinski definition) is 3. The van der Waals surface area contributed by atoms with Crippen LogP contribution in [0.1, 0.15) is 19.4 Å². The van der Waals surface area contributed by atoms with Crippen LogP contribution in [0.4, 0.5) is 0 Å². The van der Waals surface area contributed by atoms with Crippen molar-refractivity contribution in [1.29, 1.82) is 0 Å². The molecule has 0 aromatic heterocycles. The number of hydrogen-bond donors (Lipinski definition) is 1. The SMILES string of the molecule is COCCN(CCNCc1ccccc1)CC(C)C. The Hall–Kier alpha value is -0.900. The average Bonchev–Trinajstić information content (AvgIpc) is 2.41. The first kappa shape index (κ1) is 16.2. The second-order valence-electron chi connectivity index (χ2n) is 5.35. The highest BCUT2D eigenvalue weighted by molar-refractivity contribution is 5.14. The number of methoxy groups -OCH3 is 1. The van der Waals surface area contributed by atoms with Gasteiger partial charge in [0.15, 0.2) is 0 Å². The molecule has 0 heterocycles. The minimum atomic E-state index is 0.700. The lowest BCUT2D eigenvalue weighted by molar-refractivity contribution is 0.140. The molecule has 0 saturated carbocycles. The van der Waals surface area contributed by atoms with Gasteiger partial charge in [0.1, 0.15) is 0 Å².